The van der Waals surface area contributed by atoms with Crippen molar-refractivity contribution in [1.29, 1.82) is 0 Å². The Morgan fingerprint density at radius 2 is 2.26 bits per heavy atom. The lowest BCUT2D eigenvalue weighted by Gasteiger charge is -2.18. The number of nitrogens with zero attached hydrogens (tertiary/aromatic N) is 3. The molecule has 2 heterocycles. The van der Waals surface area contributed by atoms with Gasteiger partial charge >= 0.3 is 6.03 Å². The molecule has 0 bridgehead atoms. The Bertz CT molecular complexity index is 584. The van der Waals surface area contributed by atoms with E-state index in [4.69, 9.17) is 11.6 Å². The first-order valence-electron chi connectivity index (χ1n) is 6.04. The van der Waals surface area contributed by atoms with Crippen LogP contribution in [0.25, 0.3) is 0 Å². The molecule has 5 nitrogen and oxygen atoms in total. The number of aromatic amines is 1. The summed E-state index contributed by atoms with van der Waals surface area (Å²) in [5.74, 6) is 0. The second-order valence-corrected chi connectivity index (χ2v) is 4.83. The van der Waals surface area contributed by atoms with Crippen molar-refractivity contribution in [2.45, 2.75) is 6.54 Å². The number of hydrogen-bond acceptors (Lipinski definition) is 2. The van der Waals surface area contributed by atoms with Gasteiger partial charge in [-0.05, 0) is 18.2 Å². The molecule has 1 aromatic heterocycles. The zero-order chi connectivity index (χ0) is 13.2. The van der Waals surface area contributed by atoms with Gasteiger partial charge < -0.3 is 9.88 Å². The fourth-order valence-corrected chi connectivity index (χ4v) is 2.37. The fourth-order valence-electron chi connectivity index (χ4n) is 2.19. The number of carbonyl (C=O) groups excluding carboxylic acids is 1. The number of aromatic nitrogens is 2. The van der Waals surface area contributed by atoms with E-state index in [1.165, 1.54) is 0 Å². The highest BCUT2D eigenvalue weighted by Crippen LogP contribution is 2.24. The molecule has 3 rings (SSSR count). The minimum atomic E-state index is -0.00901. The molecule has 98 valence electrons. The van der Waals surface area contributed by atoms with Gasteiger partial charge in [-0.2, -0.15) is 0 Å². The van der Waals surface area contributed by atoms with Gasteiger partial charge in [-0.25, -0.2) is 9.78 Å². The summed E-state index contributed by atoms with van der Waals surface area (Å²) in [6.07, 6.45) is 3.42. The molecule has 2 aromatic rings. The first kappa shape index (κ1) is 12.0. The number of amides is 2. The Kier molecular flexibility index (Phi) is 3.13. The largest absolute Gasteiger partial charge is 0.351 e. The van der Waals surface area contributed by atoms with E-state index in [0.29, 0.717) is 24.7 Å². The molecule has 1 fully saturated rings. The van der Waals surface area contributed by atoms with Crippen LogP contribution in [0.1, 0.15) is 5.69 Å². The number of imidazole rings is 1. The molecule has 19 heavy (non-hydrogen) atoms. The quantitative estimate of drug-likeness (QED) is 0.936. The lowest BCUT2D eigenvalue weighted by Crippen LogP contribution is -2.31. The van der Waals surface area contributed by atoms with E-state index in [1.54, 1.807) is 34.5 Å². The molecule has 1 aliphatic rings. The Hall–Kier alpha value is -2.01. The van der Waals surface area contributed by atoms with E-state index in [2.05, 4.69) is 9.97 Å². The Morgan fingerprint density at radius 1 is 1.37 bits per heavy atom. The van der Waals surface area contributed by atoms with Gasteiger partial charge in [-0.3, -0.25) is 4.90 Å². The minimum Gasteiger partial charge on any atom is -0.351 e. The molecular weight excluding hydrogens is 264 g/mol. The molecule has 1 N–H and O–H groups in total. The Balaban J connectivity index is 1.75. The van der Waals surface area contributed by atoms with Crippen LogP contribution >= 0.6 is 11.6 Å². The van der Waals surface area contributed by atoms with Crippen molar-refractivity contribution in [2.24, 2.45) is 0 Å². The van der Waals surface area contributed by atoms with Gasteiger partial charge in [-0.1, -0.05) is 17.7 Å². The summed E-state index contributed by atoms with van der Waals surface area (Å²) in [6, 6.07) is 7.33. The van der Waals surface area contributed by atoms with E-state index in [9.17, 15) is 4.79 Å². The monoisotopic (exact) mass is 276 g/mol. The smallest absolute Gasteiger partial charge is 0.324 e. The highest BCUT2D eigenvalue weighted by atomic mass is 35.5. The van der Waals surface area contributed by atoms with Crippen LogP contribution in [-0.4, -0.2) is 34.0 Å². The number of benzene rings is 1. The normalized spacial score (nSPS) is 15.3. The third-order valence-electron chi connectivity index (χ3n) is 3.12. The first-order valence-corrected chi connectivity index (χ1v) is 6.41. The average molecular weight is 277 g/mol. The summed E-state index contributed by atoms with van der Waals surface area (Å²) in [5.41, 5.74) is 1.70. The predicted octanol–water partition coefficient (Wildman–Crippen LogP) is 2.51. The van der Waals surface area contributed by atoms with Crippen LogP contribution in [0.4, 0.5) is 10.5 Å². The maximum Gasteiger partial charge on any atom is 0.324 e. The van der Waals surface area contributed by atoms with Crippen molar-refractivity contribution in [2.75, 3.05) is 18.0 Å². The topological polar surface area (TPSA) is 52.2 Å². The van der Waals surface area contributed by atoms with E-state index < -0.39 is 0 Å². The van der Waals surface area contributed by atoms with Gasteiger partial charge in [0.15, 0.2) is 0 Å². The SMILES string of the molecule is O=C1N(Cc2c[nH]cn2)CCN1c1cccc(Cl)c1. The summed E-state index contributed by atoms with van der Waals surface area (Å²) in [5, 5.41) is 0.635. The molecule has 0 saturated carbocycles. The summed E-state index contributed by atoms with van der Waals surface area (Å²) in [4.78, 5) is 22.8. The zero-order valence-corrected chi connectivity index (χ0v) is 11.0. The average Bonchev–Trinajstić information content (AvgIpc) is 3.01. The van der Waals surface area contributed by atoms with Gasteiger partial charge in [0, 0.05) is 30.0 Å². The van der Waals surface area contributed by atoms with Crippen molar-refractivity contribution >= 4 is 23.3 Å². The summed E-state index contributed by atoms with van der Waals surface area (Å²) >= 11 is 5.96. The molecule has 0 aliphatic carbocycles. The molecule has 2 amide bonds. The summed E-state index contributed by atoms with van der Waals surface area (Å²) in [7, 11) is 0. The van der Waals surface area contributed by atoms with E-state index in [0.717, 1.165) is 11.4 Å². The van der Waals surface area contributed by atoms with Crippen LogP contribution in [0.15, 0.2) is 36.8 Å². The lowest BCUT2D eigenvalue weighted by molar-refractivity contribution is 0.218. The third-order valence-corrected chi connectivity index (χ3v) is 3.36. The number of rotatable bonds is 3. The molecule has 6 heteroatoms. The van der Waals surface area contributed by atoms with E-state index in [1.807, 2.05) is 12.1 Å². The molecule has 0 atom stereocenters. The Morgan fingerprint density at radius 3 is 3.00 bits per heavy atom. The van der Waals surface area contributed by atoms with Crippen LogP contribution in [0.5, 0.6) is 0 Å². The number of anilines is 1. The second kappa shape index (κ2) is 4.93. The third kappa shape index (κ3) is 2.42. The van der Waals surface area contributed by atoms with E-state index >= 15 is 0 Å². The van der Waals surface area contributed by atoms with Gasteiger partial charge in [0.25, 0.3) is 0 Å². The van der Waals surface area contributed by atoms with Gasteiger partial charge in [0.1, 0.15) is 0 Å². The van der Waals surface area contributed by atoms with Crippen molar-refractivity contribution in [3.8, 4) is 0 Å². The van der Waals surface area contributed by atoms with Crippen LogP contribution in [0, 0.1) is 0 Å². The molecule has 1 aromatic carbocycles. The maximum atomic E-state index is 12.3. The molecule has 0 spiro atoms. The maximum absolute atomic E-state index is 12.3. The highest BCUT2D eigenvalue weighted by molar-refractivity contribution is 6.30. The highest BCUT2D eigenvalue weighted by Gasteiger charge is 2.29. The van der Waals surface area contributed by atoms with Crippen LogP contribution < -0.4 is 4.90 Å². The summed E-state index contributed by atoms with van der Waals surface area (Å²) in [6.45, 7) is 1.89. The van der Waals surface area contributed by atoms with Gasteiger partial charge in [0.2, 0.25) is 0 Å². The van der Waals surface area contributed by atoms with Gasteiger partial charge in [0.05, 0.1) is 18.6 Å². The van der Waals surface area contributed by atoms with Gasteiger partial charge in [-0.15, -0.1) is 0 Å². The number of hydrogen-bond donors (Lipinski definition) is 1. The predicted molar refractivity (Wildman–Crippen MR) is 73.2 cm³/mol. The molecule has 1 saturated heterocycles. The number of carbonyl (C=O) groups is 1. The van der Waals surface area contributed by atoms with Crippen molar-refractivity contribution < 1.29 is 4.79 Å². The number of H-pyrrole nitrogens is 1. The zero-order valence-electron chi connectivity index (χ0n) is 10.2. The van der Waals surface area contributed by atoms with Crippen molar-refractivity contribution in [3.63, 3.8) is 0 Å². The number of nitrogens with one attached hydrogen (secondary N) is 1. The number of halogens is 1. The van der Waals surface area contributed by atoms with Crippen LogP contribution in [0.3, 0.4) is 0 Å². The summed E-state index contributed by atoms with van der Waals surface area (Å²) < 4.78 is 0. The second-order valence-electron chi connectivity index (χ2n) is 4.40. The number of urea groups is 1. The molecule has 0 unspecified atom stereocenters. The molecule has 1 aliphatic heterocycles. The van der Waals surface area contributed by atoms with Crippen molar-refractivity contribution in [1.82, 2.24) is 14.9 Å². The molecule has 0 radical (unpaired) electrons. The Labute approximate surface area is 115 Å². The van der Waals surface area contributed by atoms with Crippen LogP contribution in [-0.2, 0) is 6.54 Å². The van der Waals surface area contributed by atoms with E-state index in [-0.39, 0.29) is 6.03 Å². The van der Waals surface area contributed by atoms with Crippen LogP contribution in [0.2, 0.25) is 5.02 Å². The lowest BCUT2D eigenvalue weighted by atomic mass is 10.3. The fraction of sp³-hybridized carbons (Fsp3) is 0.231. The standard InChI is InChI=1S/C13H13ClN4O/c14-10-2-1-3-12(6-10)18-5-4-17(13(18)19)8-11-7-15-9-16-11/h1-3,6-7,9H,4-5,8H2,(H,15,16). The molecular formula is C13H13ClN4O. The van der Waals surface area contributed by atoms with Crippen molar-refractivity contribution in [3.05, 3.63) is 47.5 Å². The first-order chi connectivity index (χ1) is 9.24. The minimum absolute atomic E-state index is 0.00901.